The van der Waals surface area contributed by atoms with Crippen molar-refractivity contribution in [3.05, 3.63) is 46.4 Å². The highest BCUT2D eigenvalue weighted by Gasteiger charge is 2.21. The van der Waals surface area contributed by atoms with Gasteiger partial charge in [0.1, 0.15) is 12.1 Å². The molecule has 0 saturated heterocycles. The average Bonchev–Trinajstić information content (AvgIpc) is 3.09. The molecular weight excluding hydrogens is 286 g/mol. The van der Waals surface area contributed by atoms with E-state index in [1.165, 1.54) is 11.9 Å². The van der Waals surface area contributed by atoms with Crippen LogP contribution in [0.1, 0.15) is 23.2 Å². The largest absolute Gasteiger partial charge is 0.339 e. The average molecular weight is 300 g/mol. The van der Waals surface area contributed by atoms with Gasteiger partial charge in [0.15, 0.2) is 0 Å². The Labute approximate surface area is 127 Å². The number of rotatable bonds is 2. The molecule has 0 aliphatic heterocycles. The van der Waals surface area contributed by atoms with E-state index in [4.69, 9.17) is 11.6 Å². The molecule has 0 amide bonds. The van der Waals surface area contributed by atoms with Crippen LogP contribution < -0.4 is 5.32 Å². The van der Waals surface area contributed by atoms with Gasteiger partial charge in [0.25, 0.3) is 5.78 Å². The van der Waals surface area contributed by atoms with E-state index in [-0.39, 0.29) is 0 Å². The van der Waals surface area contributed by atoms with Gasteiger partial charge >= 0.3 is 0 Å². The van der Waals surface area contributed by atoms with Crippen molar-refractivity contribution in [3.63, 3.8) is 0 Å². The predicted molar refractivity (Wildman–Crippen MR) is 82.3 cm³/mol. The van der Waals surface area contributed by atoms with Crippen LogP contribution in [-0.2, 0) is 12.8 Å². The van der Waals surface area contributed by atoms with Crippen LogP contribution in [0.4, 0.5) is 11.5 Å². The Bertz CT molecular complexity index is 839. The van der Waals surface area contributed by atoms with Crippen molar-refractivity contribution >= 4 is 28.9 Å². The predicted octanol–water partition coefficient (Wildman–Crippen LogP) is 3.32. The zero-order valence-corrected chi connectivity index (χ0v) is 12.4. The van der Waals surface area contributed by atoms with E-state index < -0.39 is 0 Å². The van der Waals surface area contributed by atoms with Crippen molar-refractivity contribution in [2.24, 2.45) is 0 Å². The van der Waals surface area contributed by atoms with E-state index in [0.717, 1.165) is 42.0 Å². The minimum atomic E-state index is 0.626. The topological polar surface area (TPSA) is 55.1 Å². The van der Waals surface area contributed by atoms with E-state index in [9.17, 15) is 0 Å². The highest BCUT2D eigenvalue weighted by atomic mass is 35.5. The first-order chi connectivity index (χ1) is 10.2. The highest BCUT2D eigenvalue weighted by Crippen LogP contribution is 2.32. The maximum atomic E-state index is 6.33. The van der Waals surface area contributed by atoms with E-state index >= 15 is 0 Å². The van der Waals surface area contributed by atoms with Gasteiger partial charge in [-0.2, -0.15) is 14.6 Å². The fourth-order valence-corrected chi connectivity index (χ4v) is 3.08. The second kappa shape index (κ2) is 4.70. The SMILES string of the molecule is Cc1ccc(Nc2c3c(nc4ncnn24)CCC3)c(Cl)c1. The number of benzene rings is 1. The molecule has 21 heavy (non-hydrogen) atoms. The van der Waals surface area contributed by atoms with Crippen LogP contribution in [0.25, 0.3) is 5.78 Å². The first-order valence-corrected chi connectivity index (χ1v) is 7.35. The first kappa shape index (κ1) is 12.6. The standard InChI is InChI=1S/C15H14ClN5/c1-9-5-6-13(11(16)7-9)19-14-10-3-2-4-12(10)20-15-17-8-18-21(14)15/h5-8,19H,2-4H2,1H3. The summed E-state index contributed by atoms with van der Waals surface area (Å²) < 4.78 is 1.75. The molecule has 106 valence electrons. The third kappa shape index (κ3) is 2.05. The van der Waals surface area contributed by atoms with Crippen LogP contribution in [0.15, 0.2) is 24.5 Å². The molecule has 0 atom stereocenters. The third-order valence-corrected chi connectivity index (χ3v) is 4.14. The number of aromatic nitrogens is 4. The molecule has 4 rings (SSSR count). The summed E-state index contributed by atoms with van der Waals surface area (Å²) in [5.41, 5.74) is 4.33. The molecule has 0 bridgehead atoms. The lowest BCUT2D eigenvalue weighted by Gasteiger charge is -2.13. The summed E-state index contributed by atoms with van der Waals surface area (Å²) in [6.45, 7) is 2.02. The lowest BCUT2D eigenvalue weighted by molar-refractivity contribution is 0.900. The van der Waals surface area contributed by atoms with Gasteiger partial charge < -0.3 is 5.32 Å². The van der Waals surface area contributed by atoms with Crippen molar-refractivity contribution in [2.75, 3.05) is 5.32 Å². The summed E-state index contributed by atoms with van der Waals surface area (Å²) >= 11 is 6.33. The van der Waals surface area contributed by atoms with Crippen LogP contribution >= 0.6 is 11.6 Å². The molecule has 3 aromatic rings. The Morgan fingerprint density at radius 2 is 2.19 bits per heavy atom. The van der Waals surface area contributed by atoms with E-state index in [0.29, 0.717) is 10.8 Å². The summed E-state index contributed by atoms with van der Waals surface area (Å²) in [5, 5.41) is 8.40. The Morgan fingerprint density at radius 3 is 3.05 bits per heavy atom. The molecule has 5 nitrogen and oxygen atoms in total. The van der Waals surface area contributed by atoms with Gasteiger partial charge in [0, 0.05) is 5.56 Å². The van der Waals surface area contributed by atoms with Crippen LogP contribution in [0.5, 0.6) is 0 Å². The molecule has 1 aliphatic carbocycles. The van der Waals surface area contributed by atoms with Crippen LogP contribution in [-0.4, -0.2) is 19.6 Å². The van der Waals surface area contributed by atoms with Gasteiger partial charge in [0.2, 0.25) is 0 Å². The fraction of sp³-hybridized carbons (Fsp3) is 0.267. The molecule has 2 aromatic heterocycles. The molecule has 2 heterocycles. The van der Waals surface area contributed by atoms with E-state index in [2.05, 4.69) is 20.4 Å². The number of nitrogens with one attached hydrogen (secondary N) is 1. The van der Waals surface area contributed by atoms with Crippen LogP contribution in [0.3, 0.4) is 0 Å². The Morgan fingerprint density at radius 1 is 1.29 bits per heavy atom. The number of fused-ring (bicyclic) bond motifs is 2. The minimum absolute atomic E-state index is 0.626. The monoisotopic (exact) mass is 299 g/mol. The lowest BCUT2D eigenvalue weighted by Crippen LogP contribution is -2.07. The van der Waals surface area contributed by atoms with Crippen LogP contribution in [0.2, 0.25) is 5.02 Å². The van der Waals surface area contributed by atoms with Crippen molar-refractivity contribution in [3.8, 4) is 0 Å². The summed E-state index contributed by atoms with van der Waals surface area (Å²) in [6, 6.07) is 5.97. The quantitative estimate of drug-likeness (QED) is 0.788. The highest BCUT2D eigenvalue weighted by molar-refractivity contribution is 6.33. The second-order valence-corrected chi connectivity index (χ2v) is 5.73. The van der Waals surface area contributed by atoms with Crippen LogP contribution in [0, 0.1) is 6.92 Å². The molecule has 1 aliphatic rings. The Kier molecular flexibility index (Phi) is 2.82. The minimum Gasteiger partial charge on any atom is -0.339 e. The van der Waals surface area contributed by atoms with Gasteiger partial charge in [-0.25, -0.2) is 4.98 Å². The Balaban J connectivity index is 1.88. The van der Waals surface area contributed by atoms with Gasteiger partial charge in [-0.1, -0.05) is 17.7 Å². The number of aryl methyl sites for hydroxylation is 2. The zero-order valence-electron chi connectivity index (χ0n) is 11.6. The zero-order chi connectivity index (χ0) is 14.4. The van der Waals surface area contributed by atoms with Crippen molar-refractivity contribution in [1.82, 2.24) is 19.6 Å². The smallest absolute Gasteiger partial charge is 0.254 e. The normalized spacial score (nSPS) is 13.6. The lowest BCUT2D eigenvalue weighted by atomic mass is 10.2. The van der Waals surface area contributed by atoms with E-state index in [1.54, 1.807) is 4.52 Å². The molecule has 1 N–H and O–H groups in total. The molecule has 0 spiro atoms. The number of hydrogen-bond donors (Lipinski definition) is 1. The van der Waals surface area contributed by atoms with E-state index in [1.807, 2.05) is 25.1 Å². The molecule has 0 radical (unpaired) electrons. The molecule has 1 aromatic carbocycles. The first-order valence-electron chi connectivity index (χ1n) is 6.97. The molecule has 0 fully saturated rings. The maximum Gasteiger partial charge on any atom is 0.254 e. The summed E-state index contributed by atoms with van der Waals surface area (Å²) in [5.74, 6) is 1.55. The number of nitrogens with zero attached hydrogens (tertiary/aromatic N) is 4. The summed E-state index contributed by atoms with van der Waals surface area (Å²) in [7, 11) is 0. The molecule has 0 saturated carbocycles. The second-order valence-electron chi connectivity index (χ2n) is 5.32. The van der Waals surface area contributed by atoms with Gasteiger partial charge in [-0.05, 0) is 43.9 Å². The number of anilines is 2. The van der Waals surface area contributed by atoms with Crippen molar-refractivity contribution in [1.29, 1.82) is 0 Å². The summed E-state index contributed by atoms with van der Waals surface area (Å²) in [4.78, 5) is 8.77. The van der Waals surface area contributed by atoms with Crippen molar-refractivity contribution < 1.29 is 0 Å². The number of halogens is 1. The van der Waals surface area contributed by atoms with Gasteiger partial charge in [-0.3, -0.25) is 0 Å². The summed E-state index contributed by atoms with van der Waals surface area (Å²) in [6.07, 6.45) is 4.64. The molecular formula is C15H14ClN5. The molecule has 6 heteroatoms. The van der Waals surface area contributed by atoms with Gasteiger partial charge in [0.05, 0.1) is 16.4 Å². The van der Waals surface area contributed by atoms with Gasteiger partial charge in [-0.15, -0.1) is 0 Å². The fourth-order valence-electron chi connectivity index (χ4n) is 2.80. The van der Waals surface area contributed by atoms with Crippen molar-refractivity contribution in [2.45, 2.75) is 26.2 Å². The third-order valence-electron chi connectivity index (χ3n) is 3.83. The maximum absolute atomic E-state index is 6.33. The number of hydrogen-bond acceptors (Lipinski definition) is 4. The Hall–Kier alpha value is -2.14. The molecule has 0 unspecified atom stereocenters.